The Morgan fingerprint density at radius 1 is 1.39 bits per heavy atom. The van der Waals surface area contributed by atoms with Crippen LogP contribution in [0.5, 0.6) is 0 Å². The molecule has 1 aromatic rings. The molecule has 130 valence electrons. The van der Waals surface area contributed by atoms with Gasteiger partial charge in [0.05, 0.1) is 5.75 Å². The summed E-state index contributed by atoms with van der Waals surface area (Å²) in [7, 11) is -1.28. The van der Waals surface area contributed by atoms with Crippen LogP contribution in [0.1, 0.15) is 25.3 Å². The number of nitrogens with one attached hydrogen (secondary N) is 2. The van der Waals surface area contributed by atoms with Crippen LogP contribution in [0.25, 0.3) is 0 Å². The number of aryl methyl sites for hydroxylation is 1. The summed E-state index contributed by atoms with van der Waals surface area (Å²) in [4.78, 5) is 4.12. The van der Waals surface area contributed by atoms with Crippen molar-refractivity contribution in [2.45, 2.75) is 32.2 Å². The normalized spacial score (nSPS) is 13.7. The van der Waals surface area contributed by atoms with E-state index in [1.807, 2.05) is 13.0 Å². The summed E-state index contributed by atoms with van der Waals surface area (Å²) >= 11 is 0. The lowest BCUT2D eigenvalue weighted by atomic mass is 10.1. The topological polar surface area (TPSA) is 70.6 Å². The van der Waals surface area contributed by atoms with Crippen LogP contribution in [0.15, 0.2) is 29.3 Å². The first-order valence-corrected chi connectivity index (χ1v) is 9.75. The minimum absolute atomic E-state index is 0.0131. The molecule has 2 N–H and O–H groups in total. The quantitative estimate of drug-likeness (QED) is 0.429. The van der Waals surface area contributed by atoms with Gasteiger partial charge in [-0.2, -0.15) is 0 Å². The van der Waals surface area contributed by atoms with E-state index in [2.05, 4.69) is 15.6 Å². The molecule has 0 amide bonds. The minimum Gasteiger partial charge on any atom is -0.356 e. The molecule has 1 atom stereocenters. The maximum Gasteiger partial charge on any atom is 0.191 e. The molecule has 0 radical (unpaired) electrons. The molecule has 0 saturated carbocycles. The molecule has 0 aromatic heterocycles. The Morgan fingerprint density at radius 2 is 2.13 bits per heavy atom. The first-order chi connectivity index (χ1) is 10.8. The summed E-state index contributed by atoms with van der Waals surface area (Å²) in [6.45, 7) is 2.62. The van der Waals surface area contributed by atoms with Crippen LogP contribution in [0.2, 0.25) is 0 Å². The minimum atomic E-state index is -2.95. The molecule has 0 aliphatic carbocycles. The monoisotopic (exact) mass is 343 g/mol. The van der Waals surface area contributed by atoms with Crippen molar-refractivity contribution in [2.75, 3.05) is 25.6 Å². The summed E-state index contributed by atoms with van der Waals surface area (Å²) in [5, 5.41) is 6.34. The highest BCUT2D eigenvalue weighted by Crippen LogP contribution is 2.05. The molecule has 7 heteroatoms. The molecule has 0 aliphatic heterocycles. The van der Waals surface area contributed by atoms with Crippen molar-refractivity contribution >= 4 is 15.8 Å². The van der Waals surface area contributed by atoms with Gasteiger partial charge < -0.3 is 10.6 Å². The van der Waals surface area contributed by atoms with Crippen LogP contribution < -0.4 is 10.6 Å². The Kier molecular flexibility index (Phi) is 8.02. The van der Waals surface area contributed by atoms with Gasteiger partial charge in [-0.25, -0.2) is 12.8 Å². The zero-order chi connectivity index (χ0) is 17.3. The highest BCUT2D eigenvalue weighted by Gasteiger charge is 2.09. The van der Waals surface area contributed by atoms with E-state index in [-0.39, 0.29) is 17.6 Å². The van der Waals surface area contributed by atoms with Crippen molar-refractivity contribution in [3.8, 4) is 0 Å². The smallest absolute Gasteiger partial charge is 0.191 e. The van der Waals surface area contributed by atoms with Crippen LogP contribution in [-0.2, 0) is 16.3 Å². The highest BCUT2D eigenvalue weighted by molar-refractivity contribution is 7.90. The first kappa shape index (κ1) is 19.4. The Morgan fingerprint density at radius 3 is 2.74 bits per heavy atom. The highest BCUT2D eigenvalue weighted by atomic mass is 32.2. The lowest BCUT2D eigenvalue weighted by Gasteiger charge is -2.17. The Labute approximate surface area is 138 Å². The van der Waals surface area contributed by atoms with E-state index >= 15 is 0 Å². The number of benzene rings is 1. The van der Waals surface area contributed by atoms with Crippen LogP contribution in [0, 0.1) is 5.82 Å². The molecule has 1 unspecified atom stereocenters. The number of sulfone groups is 1. The van der Waals surface area contributed by atoms with Gasteiger partial charge in [0.15, 0.2) is 5.96 Å². The first-order valence-electron chi connectivity index (χ1n) is 7.69. The maximum absolute atomic E-state index is 13.1. The number of hydrogen-bond acceptors (Lipinski definition) is 3. The summed E-state index contributed by atoms with van der Waals surface area (Å²) < 4.78 is 35.4. The number of hydrogen-bond donors (Lipinski definition) is 2. The third-order valence-corrected chi connectivity index (χ3v) is 4.33. The predicted molar refractivity (Wildman–Crippen MR) is 93.0 cm³/mol. The summed E-state index contributed by atoms with van der Waals surface area (Å²) in [6, 6.07) is 6.61. The third-order valence-electron chi connectivity index (χ3n) is 3.35. The van der Waals surface area contributed by atoms with Gasteiger partial charge in [-0.15, -0.1) is 0 Å². The second-order valence-corrected chi connectivity index (χ2v) is 7.96. The Hall–Kier alpha value is -1.63. The van der Waals surface area contributed by atoms with E-state index in [9.17, 15) is 12.8 Å². The van der Waals surface area contributed by atoms with Gasteiger partial charge in [0.25, 0.3) is 0 Å². The largest absolute Gasteiger partial charge is 0.356 e. The van der Waals surface area contributed by atoms with Crippen molar-refractivity contribution < 1.29 is 12.8 Å². The van der Waals surface area contributed by atoms with E-state index in [0.29, 0.717) is 18.9 Å². The number of nitrogens with zero attached hydrogens (tertiary/aromatic N) is 1. The second-order valence-electron chi connectivity index (χ2n) is 5.70. The van der Waals surface area contributed by atoms with Gasteiger partial charge in [0.1, 0.15) is 15.7 Å². The molecular formula is C16H26FN3O2S. The molecule has 1 aromatic carbocycles. The number of halogens is 1. The average Bonchev–Trinajstić information content (AvgIpc) is 2.47. The summed E-state index contributed by atoms with van der Waals surface area (Å²) in [5.41, 5.74) is 0.969. The number of aliphatic imine (C=N–C) groups is 1. The number of guanidine groups is 1. The van der Waals surface area contributed by atoms with Gasteiger partial charge >= 0.3 is 0 Å². The summed E-state index contributed by atoms with van der Waals surface area (Å²) in [5.74, 6) is 0.579. The SMILES string of the molecule is CN=C(NCCCc1cccc(F)c1)NC(C)CCS(C)(=O)=O. The molecule has 0 heterocycles. The lowest BCUT2D eigenvalue weighted by molar-refractivity contribution is 0.580. The third kappa shape index (κ3) is 9.18. The van der Waals surface area contributed by atoms with Crippen molar-refractivity contribution in [3.05, 3.63) is 35.6 Å². The Bertz CT molecular complexity index is 618. The van der Waals surface area contributed by atoms with Crippen LogP contribution in [0.4, 0.5) is 4.39 Å². The van der Waals surface area contributed by atoms with Crippen LogP contribution >= 0.6 is 0 Å². The molecule has 0 bridgehead atoms. The maximum atomic E-state index is 13.1. The zero-order valence-electron chi connectivity index (χ0n) is 14.0. The van der Waals surface area contributed by atoms with Gasteiger partial charge in [-0.1, -0.05) is 12.1 Å². The van der Waals surface area contributed by atoms with Gasteiger partial charge in [0, 0.05) is 25.9 Å². The van der Waals surface area contributed by atoms with E-state index in [4.69, 9.17) is 0 Å². The van der Waals surface area contributed by atoms with E-state index in [1.54, 1.807) is 19.2 Å². The fourth-order valence-electron chi connectivity index (χ4n) is 2.08. The van der Waals surface area contributed by atoms with Crippen molar-refractivity contribution in [2.24, 2.45) is 4.99 Å². The number of rotatable bonds is 8. The Balaban J connectivity index is 2.28. The van der Waals surface area contributed by atoms with E-state index in [1.165, 1.54) is 12.3 Å². The predicted octanol–water partition coefficient (Wildman–Crippen LogP) is 1.75. The molecule has 23 heavy (non-hydrogen) atoms. The van der Waals surface area contributed by atoms with Gasteiger partial charge in [-0.05, 0) is 43.9 Å². The fourth-order valence-corrected chi connectivity index (χ4v) is 2.86. The molecule has 0 fully saturated rings. The van der Waals surface area contributed by atoms with Crippen molar-refractivity contribution in [1.29, 1.82) is 0 Å². The molecule has 5 nitrogen and oxygen atoms in total. The van der Waals surface area contributed by atoms with Gasteiger partial charge in [-0.3, -0.25) is 4.99 Å². The average molecular weight is 343 g/mol. The molecule has 0 aliphatic rings. The molecular weight excluding hydrogens is 317 g/mol. The molecule has 0 saturated heterocycles. The molecule has 1 rings (SSSR count). The fraction of sp³-hybridized carbons (Fsp3) is 0.562. The van der Waals surface area contributed by atoms with Gasteiger partial charge in [0.2, 0.25) is 0 Å². The lowest BCUT2D eigenvalue weighted by Crippen LogP contribution is -2.43. The standard InChI is InChI=1S/C16H26FN3O2S/c1-13(9-11-23(3,21)22)20-16(18-2)19-10-5-7-14-6-4-8-15(17)12-14/h4,6,8,12-13H,5,7,9-11H2,1-3H3,(H2,18,19,20). The zero-order valence-corrected chi connectivity index (χ0v) is 14.8. The van der Waals surface area contributed by atoms with Crippen LogP contribution in [-0.4, -0.2) is 46.0 Å². The molecule has 0 spiro atoms. The van der Waals surface area contributed by atoms with E-state index in [0.717, 1.165) is 18.4 Å². The second kappa shape index (κ2) is 9.50. The van der Waals surface area contributed by atoms with Crippen molar-refractivity contribution in [3.63, 3.8) is 0 Å². The van der Waals surface area contributed by atoms with Crippen LogP contribution in [0.3, 0.4) is 0 Å². The van der Waals surface area contributed by atoms with E-state index < -0.39 is 9.84 Å². The van der Waals surface area contributed by atoms with Crippen molar-refractivity contribution in [1.82, 2.24) is 10.6 Å². The summed E-state index contributed by atoms with van der Waals surface area (Å²) in [6.07, 6.45) is 3.40.